The molecule has 136 valence electrons. The number of hydrogen-bond acceptors (Lipinski definition) is 3. The third-order valence-corrected chi connectivity index (χ3v) is 5.44. The van der Waals surface area contributed by atoms with Crippen LogP contribution in [0.15, 0.2) is 42.5 Å². The fourth-order valence-corrected chi connectivity index (χ4v) is 3.86. The molecule has 4 nitrogen and oxygen atoms in total. The molecular weight excluding hydrogens is 394 g/mol. The second-order valence-electron chi connectivity index (χ2n) is 7.25. The van der Waals surface area contributed by atoms with Gasteiger partial charge in [-0.15, -0.1) is 0 Å². The minimum absolute atomic E-state index is 0.0155. The lowest BCUT2D eigenvalue weighted by atomic mass is 9.76. The van der Waals surface area contributed by atoms with Crippen LogP contribution in [0.3, 0.4) is 0 Å². The Bertz CT molecular complexity index is 843. The number of halogens is 1. The number of rotatable bonds is 5. The average molecular weight is 416 g/mol. The fraction of sp³-hybridized carbons (Fsp3) is 0.333. The Kier molecular flexibility index (Phi) is 5.19. The van der Waals surface area contributed by atoms with E-state index in [-0.39, 0.29) is 16.8 Å². The van der Waals surface area contributed by atoms with Gasteiger partial charge in [-0.1, -0.05) is 41.9 Å². The zero-order valence-corrected chi connectivity index (χ0v) is 16.5. The van der Waals surface area contributed by atoms with Gasteiger partial charge >= 0.3 is 5.97 Å². The van der Waals surface area contributed by atoms with Crippen LogP contribution in [0.25, 0.3) is 0 Å². The Morgan fingerprint density at radius 1 is 1.08 bits per heavy atom. The highest BCUT2D eigenvalue weighted by Crippen LogP contribution is 2.40. The fourth-order valence-electron chi connectivity index (χ4n) is 3.43. The Morgan fingerprint density at radius 2 is 1.69 bits per heavy atom. The van der Waals surface area contributed by atoms with Gasteiger partial charge in [0, 0.05) is 35.2 Å². The monoisotopic (exact) mass is 415 g/mol. The normalized spacial score (nSPS) is 15.4. The first-order valence-corrected chi connectivity index (χ1v) is 9.79. The molecule has 0 atom stereocenters. The zero-order valence-electron chi connectivity index (χ0n) is 15.0. The van der Waals surface area contributed by atoms with Crippen molar-refractivity contribution in [1.29, 1.82) is 0 Å². The summed E-state index contributed by atoms with van der Waals surface area (Å²) in [4.78, 5) is 26.2. The predicted octanol–water partition coefficient (Wildman–Crippen LogP) is 4.50. The van der Waals surface area contributed by atoms with Crippen molar-refractivity contribution in [1.82, 2.24) is 0 Å². The lowest BCUT2D eigenvalue weighted by molar-refractivity contribution is 0.0696. The van der Waals surface area contributed by atoms with E-state index in [2.05, 4.69) is 34.7 Å². The van der Waals surface area contributed by atoms with Crippen LogP contribution in [-0.4, -0.2) is 35.3 Å². The zero-order chi connectivity index (χ0) is 18.9. The molecule has 0 saturated heterocycles. The molecule has 0 aromatic heterocycles. The van der Waals surface area contributed by atoms with Gasteiger partial charge in [-0.3, -0.25) is 4.79 Å². The number of carboxylic acid groups (broad SMARTS) is 1. The van der Waals surface area contributed by atoms with Crippen LogP contribution in [0.5, 0.6) is 0 Å². The van der Waals surface area contributed by atoms with Gasteiger partial charge in [0.1, 0.15) is 0 Å². The third kappa shape index (κ3) is 3.54. The molecule has 0 spiro atoms. The number of alkyl halides is 1. The summed E-state index contributed by atoms with van der Waals surface area (Å²) in [7, 11) is 0. The molecule has 0 bridgehead atoms. The number of carbonyl (C=O) groups excluding carboxylic acids is 1. The van der Waals surface area contributed by atoms with E-state index < -0.39 is 5.97 Å². The molecule has 3 rings (SSSR count). The summed E-state index contributed by atoms with van der Waals surface area (Å²) in [5, 5.41) is 9.90. The second kappa shape index (κ2) is 7.23. The van der Waals surface area contributed by atoms with Gasteiger partial charge in [0.2, 0.25) is 0 Å². The molecule has 2 aromatic carbocycles. The molecule has 0 amide bonds. The first-order valence-electron chi connectivity index (χ1n) is 8.67. The van der Waals surface area contributed by atoms with E-state index in [0.717, 1.165) is 24.8 Å². The third-order valence-electron chi connectivity index (χ3n) is 5.08. The quantitative estimate of drug-likeness (QED) is 0.576. The van der Waals surface area contributed by atoms with E-state index in [1.165, 1.54) is 23.4 Å². The lowest BCUT2D eigenvalue weighted by Gasteiger charge is -2.40. The topological polar surface area (TPSA) is 57.6 Å². The standard InChI is InChI=1S/C21H22BrNO3/c1-21(2)9-11-23(12-10-22)18-8-7-16(13-17(18)21)19(24)14-3-5-15(6-4-14)20(25)26/h3-8,13H,9-12H2,1-2H3,(H,25,26). The van der Waals surface area contributed by atoms with Crippen LogP contribution in [0.1, 0.15) is 52.1 Å². The van der Waals surface area contributed by atoms with Crippen LogP contribution in [0, 0.1) is 0 Å². The molecule has 26 heavy (non-hydrogen) atoms. The number of aromatic carboxylic acids is 1. The van der Waals surface area contributed by atoms with E-state index in [0.29, 0.717) is 11.1 Å². The van der Waals surface area contributed by atoms with Crippen molar-refractivity contribution in [3.05, 3.63) is 64.7 Å². The second-order valence-corrected chi connectivity index (χ2v) is 8.05. The molecule has 1 heterocycles. The highest BCUT2D eigenvalue weighted by atomic mass is 79.9. The number of carbonyl (C=O) groups is 2. The Balaban J connectivity index is 1.96. The van der Waals surface area contributed by atoms with Crippen LogP contribution in [-0.2, 0) is 5.41 Å². The highest BCUT2D eigenvalue weighted by molar-refractivity contribution is 9.09. The van der Waals surface area contributed by atoms with E-state index in [9.17, 15) is 9.59 Å². The number of hydrogen-bond donors (Lipinski definition) is 1. The minimum Gasteiger partial charge on any atom is -0.478 e. The van der Waals surface area contributed by atoms with Crippen LogP contribution >= 0.6 is 15.9 Å². The minimum atomic E-state index is -0.994. The van der Waals surface area contributed by atoms with Crippen molar-refractivity contribution in [3.63, 3.8) is 0 Å². The summed E-state index contributed by atoms with van der Waals surface area (Å²) in [5.41, 5.74) is 3.72. The maximum absolute atomic E-state index is 12.9. The number of ketones is 1. The molecule has 0 radical (unpaired) electrons. The maximum atomic E-state index is 12.9. The molecule has 0 fully saturated rings. The van der Waals surface area contributed by atoms with Gasteiger partial charge in [0.05, 0.1) is 5.56 Å². The number of anilines is 1. The van der Waals surface area contributed by atoms with Crippen LogP contribution in [0.2, 0.25) is 0 Å². The molecule has 0 aliphatic carbocycles. The number of carboxylic acids is 1. The number of fused-ring (bicyclic) bond motifs is 1. The predicted molar refractivity (Wildman–Crippen MR) is 107 cm³/mol. The van der Waals surface area contributed by atoms with Crippen molar-refractivity contribution in [2.45, 2.75) is 25.7 Å². The Morgan fingerprint density at radius 3 is 2.31 bits per heavy atom. The molecular formula is C21H22BrNO3. The highest BCUT2D eigenvalue weighted by Gasteiger charge is 2.31. The van der Waals surface area contributed by atoms with E-state index >= 15 is 0 Å². The average Bonchev–Trinajstić information content (AvgIpc) is 2.63. The Hall–Kier alpha value is -2.14. The summed E-state index contributed by atoms with van der Waals surface area (Å²) in [6.45, 7) is 6.38. The van der Waals surface area contributed by atoms with Crippen molar-refractivity contribution >= 4 is 33.4 Å². The molecule has 1 aliphatic rings. The Labute approximate surface area is 162 Å². The molecule has 5 heteroatoms. The molecule has 0 unspecified atom stereocenters. The maximum Gasteiger partial charge on any atom is 0.335 e. The van der Waals surface area contributed by atoms with E-state index in [1.807, 2.05) is 18.2 Å². The van der Waals surface area contributed by atoms with Gasteiger partial charge in [-0.2, -0.15) is 0 Å². The van der Waals surface area contributed by atoms with Gasteiger partial charge in [-0.25, -0.2) is 4.79 Å². The molecule has 1 aliphatic heterocycles. The summed E-state index contributed by atoms with van der Waals surface area (Å²) in [6.07, 6.45) is 1.04. The van der Waals surface area contributed by atoms with Crippen molar-refractivity contribution in [2.75, 3.05) is 23.3 Å². The molecule has 2 aromatic rings. The molecule has 1 N–H and O–H groups in total. The van der Waals surface area contributed by atoms with E-state index in [4.69, 9.17) is 5.11 Å². The largest absolute Gasteiger partial charge is 0.478 e. The first-order chi connectivity index (χ1) is 12.3. The summed E-state index contributed by atoms with van der Waals surface area (Å²) >= 11 is 3.51. The SMILES string of the molecule is CC1(C)CCN(CCBr)c2ccc(C(=O)c3ccc(C(=O)O)cc3)cc21. The van der Waals surface area contributed by atoms with Gasteiger partial charge < -0.3 is 10.0 Å². The summed E-state index contributed by atoms with van der Waals surface area (Å²) < 4.78 is 0. The number of nitrogens with zero attached hydrogens (tertiary/aromatic N) is 1. The van der Waals surface area contributed by atoms with Gasteiger partial charge in [0.15, 0.2) is 5.78 Å². The summed E-state index contributed by atoms with van der Waals surface area (Å²) in [5.74, 6) is -1.08. The van der Waals surface area contributed by atoms with E-state index in [1.54, 1.807) is 12.1 Å². The van der Waals surface area contributed by atoms with Gasteiger partial charge in [-0.05, 0) is 47.7 Å². The van der Waals surface area contributed by atoms with Crippen molar-refractivity contribution in [3.8, 4) is 0 Å². The smallest absolute Gasteiger partial charge is 0.335 e. The van der Waals surface area contributed by atoms with Crippen LogP contribution < -0.4 is 4.90 Å². The van der Waals surface area contributed by atoms with Crippen molar-refractivity contribution in [2.24, 2.45) is 0 Å². The summed E-state index contributed by atoms with van der Waals surface area (Å²) in [6, 6.07) is 12.0. The van der Waals surface area contributed by atoms with Gasteiger partial charge in [0.25, 0.3) is 0 Å². The number of benzene rings is 2. The first kappa shape index (κ1) is 18.6. The van der Waals surface area contributed by atoms with Crippen LogP contribution in [0.4, 0.5) is 5.69 Å². The van der Waals surface area contributed by atoms with Crippen molar-refractivity contribution < 1.29 is 14.7 Å². The lowest BCUT2D eigenvalue weighted by Crippen LogP contribution is -2.38. The molecule has 0 saturated carbocycles.